The van der Waals surface area contributed by atoms with E-state index in [1.165, 1.54) is 11.1 Å². The van der Waals surface area contributed by atoms with Gasteiger partial charge in [0.05, 0.1) is 0 Å². The van der Waals surface area contributed by atoms with Crippen LogP contribution in [0.25, 0.3) is 0 Å². The second kappa shape index (κ2) is 5.04. The molecule has 0 fully saturated rings. The Morgan fingerprint density at radius 2 is 1.45 bits per heavy atom. The van der Waals surface area contributed by atoms with Gasteiger partial charge in [0.15, 0.2) is 0 Å². The minimum Gasteiger partial charge on any atom is -0.510 e. The van der Waals surface area contributed by atoms with Crippen LogP contribution in [0.4, 0.5) is 5.69 Å². The first-order chi connectivity index (χ1) is 9.65. The number of aliphatic hydroxyl groups excluding tert-OH is 1. The van der Waals surface area contributed by atoms with E-state index in [2.05, 4.69) is 67.3 Å². The summed E-state index contributed by atoms with van der Waals surface area (Å²) >= 11 is 0. The molecule has 2 aromatic rings. The molecule has 0 saturated carbocycles. The molecule has 20 heavy (non-hydrogen) atoms. The number of aryl methyl sites for hydroxylation is 2. The fourth-order valence-corrected chi connectivity index (χ4v) is 2.66. The van der Waals surface area contributed by atoms with Gasteiger partial charge in [0.2, 0.25) is 0 Å². The van der Waals surface area contributed by atoms with Crippen molar-refractivity contribution in [1.82, 2.24) is 0 Å². The Morgan fingerprint density at radius 3 is 2.05 bits per heavy atom. The fraction of sp³-hybridized carbons (Fsp3) is 0.222. The molecule has 1 N–H and O–H groups in total. The third kappa shape index (κ3) is 2.29. The first-order valence-corrected chi connectivity index (χ1v) is 6.94. The minimum absolute atomic E-state index is 0.0710. The number of hydrogen-bond acceptors (Lipinski definition) is 2. The largest absolute Gasteiger partial charge is 0.510 e. The SMILES string of the molecule is Cc1ccc(C2C(O)=CCN2c2ccc(C)cc2)cc1. The highest BCUT2D eigenvalue weighted by atomic mass is 16.3. The van der Waals surface area contributed by atoms with Crippen LogP contribution >= 0.6 is 0 Å². The summed E-state index contributed by atoms with van der Waals surface area (Å²) in [5, 5.41) is 10.2. The predicted molar refractivity (Wildman–Crippen MR) is 83.2 cm³/mol. The van der Waals surface area contributed by atoms with Gasteiger partial charge in [-0.25, -0.2) is 0 Å². The van der Waals surface area contributed by atoms with Crippen molar-refractivity contribution in [3.05, 3.63) is 77.1 Å². The number of nitrogens with zero attached hydrogens (tertiary/aromatic N) is 1. The Balaban J connectivity index is 1.96. The van der Waals surface area contributed by atoms with Crippen molar-refractivity contribution in [2.75, 3.05) is 11.4 Å². The highest BCUT2D eigenvalue weighted by Gasteiger charge is 2.28. The Kier molecular flexibility index (Phi) is 3.23. The number of hydrogen-bond donors (Lipinski definition) is 1. The van der Waals surface area contributed by atoms with Gasteiger partial charge in [-0.05, 0) is 37.6 Å². The van der Waals surface area contributed by atoms with Crippen LogP contribution in [-0.2, 0) is 0 Å². The zero-order chi connectivity index (χ0) is 14.1. The zero-order valence-electron chi connectivity index (χ0n) is 11.9. The summed E-state index contributed by atoms with van der Waals surface area (Å²) in [6.45, 7) is 4.90. The summed E-state index contributed by atoms with van der Waals surface area (Å²) in [5.74, 6) is 0.439. The molecule has 1 atom stereocenters. The molecule has 2 heteroatoms. The van der Waals surface area contributed by atoms with Crippen LogP contribution in [0.1, 0.15) is 22.7 Å². The molecule has 1 heterocycles. The molecule has 1 aliphatic rings. The summed E-state index contributed by atoms with van der Waals surface area (Å²) in [6, 6.07) is 16.7. The third-order valence-electron chi connectivity index (χ3n) is 3.85. The standard InChI is InChI=1S/C18H19NO/c1-13-3-7-15(8-4-13)18-17(20)11-12-19(18)16-9-5-14(2)6-10-16/h3-11,18,20H,12H2,1-2H3. The number of rotatable bonds is 2. The van der Waals surface area contributed by atoms with E-state index in [9.17, 15) is 5.11 Å². The summed E-state index contributed by atoms with van der Waals surface area (Å²) in [6.07, 6.45) is 1.89. The van der Waals surface area contributed by atoms with Gasteiger partial charge < -0.3 is 10.0 Å². The van der Waals surface area contributed by atoms with E-state index in [-0.39, 0.29) is 6.04 Å². The molecule has 3 rings (SSSR count). The van der Waals surface area contributed by atoms with Crippen LogP contribution in [-0.4, -0.2) is 11.7 Å². The maximum absolute atomic E-state index is 10.2. The van der Waals surface area contributed by atoms with Crippen LogP contribution < -0.4 is 4.90 Å². The first-order valence-electron chi connectivity index (χ1n) is 6.94. The molecule has 1 unspecified atom stereocenters. The highest BCUT2D eigenvalue weighted by Crippen LogP contribution is 2.35. The summed E-state index contributed by atoms with van der Waals surface area (Å²) in [4.78, 5) is 2.22. The smallest absolute Gasteiger partial charge is 0.117 e. The lowest BCUT2D eigenvalue weighted by Crippen LogP contribution is -2.24. The molecular formula is C18H19NO. The van der Waals surface area contributed by atoms with Gasteiger partial charge in [0, 0.05) is 12.2 Å². The molecule has 0 radical (unpaired) electrons. The lowest BCUT2D eigenvalue weighted by molar-refractivity contribution is 0.376. The summed E-state index contributed by atoms with van der Waals surface area (Å²) in [7, 11) is 0. The molecule has 2 nitrogen and oxygen atoms in total. The molecular weight excluding hydrogens is 246 g/mol. The molecule has 102 valence electrons. The Morgan fingerprint density at radius 1 is 0.900 bits per heavy atom. The van der Waals surface area contributed by atoms with Crippen molar-refractivity contribution >= 4 is 5.69 Å². The quantitative estimate of drug-likeness (QED) is 0.874. The van der Waals surface area contributed by atoms with Crippen molar-refractivity contribution in [3.63, 3.8) is 0 Å². The van der Waals surface area contributed by atoms with Gasteiger partial charge >= 0.3 is 0 Å². The average Bonchev–Trinajstić information content (AvgIpc) is 2.83. The maximum atomic E-state index is 10.2. The Labute approximate surface area is 120 Å². The first kappa shape index (κ1) is 12.8. The average molecular weight is 265 g/mol. The second-order valence-corrected chi connectivity index (χ2v) is 5.43. The molecule has 0 spiro atoms. The monoisotopic (exact) mass is 265 g/mol. The van der Waals surface area contributed by atoms with Crippen LogP contribution in [0.15, 0.2) is 60.4 Å². The lowest BCUT2D eigenvalue weighted by atomic mass is 10.0. The van der Waals surface area contributed by atoms with Crippen molar-refractivity contribution in [2.45, 2.75) is 19.9 Å². The van der Waals surface area contributed by atoms with Crippen molar-refractivity contribution in [3.8, 4) is 0 Å². The fourth-order valence-electron chi connectivity index (χ4n) is 2.66. The number of aliphatic hydroxyl groups is 1. The van der Waals surface area contributed by atoms with Crippen LogP contribution in [0.5, 0.6) is 0 Å². The van der Waals surface area contributed by atoms with Crippen molar-refractivity contribution in [2.24, 2.45) is 0 Å². The molecule has 0 aliphatic carbocycles. The maximum Gasteiger partial charge on any atom is 0.117 e. The van der Waals surface area contributed by atoms with Gasteiger partial charge in [0.1, 0.15) is 11.8 Å². The minimum atomic E-state index is -0.0710. The number of anilines is 1. The zero-order valence-corrected chi connectivity index (χ0v) is 11.9. The highest BCUT2D eigenvalue weighted by molar-refractivity contribution is 5.55. The van der Waals surface area contributed by atoms with E-state index in [0.717, 1.165) is 17.8 Å². The molecule has 0 amide bonds. The van der Waals surface area contributed by atoms with E-state index in [4.69, 9.17) is 0 Å². The molecule has 0 bridgehead atoms. The lowest BCUT2D eigenvalue weighted by Gasteiger charge is -2.28. The van der Waals surface area contributed by atoms with E-state index in [1.54, 1.807) is 0 Å². The van der Waals surface area contributed by atoms with Crippen LogP contribution in [0, 0.1) is 13.8 Å². The van der Waals surface area contributed by atoms with Gasteiger partial charge in [-0.1, -0.05) is 47.5 Å². The topological polar surface area (TPSA) is 23.5 Å². The van der Waals surface area contributed by atoms with Gasteiger partial charge in [-0.3, -0.25) is 0 Å². The second-order valence-electron chi connectivity index (χ2n) is 5.43. The predicted octanol–water partition coefficient (Wildman–Crippen LogP) is 4.31. The van der Waals surface area contributed by atoms with Gasteiger partial charge in [-0.15, -0.1) is 0 Å². The molecule has 0 saturated heterocycles. The van der Waals surface area contributed by atoms with Crippen LogP contribution in [0.2, 0.25) is 0 Å². The Bertz CT molecular complexity index is 625. The van der Waals surface area contributed by atoms with Crippen molar-refractivity contribution in [1.29, 1.82) is 0 Å². The van der Waals surface area contributed by atoms with E-state index in [0.29, 0.717) is 5.76 Å². The summed E-state index contributed by atoms with van der Waals surface area (Å²) < 4.78 is 0. The normalized spacial score (nSPS) is 18.2. The van der Waals surface area contributed by atoms with Crippen molar-refractivity contribution < 1.29 is 5.11 Å². The van der Waals surface area contributed by atoms with Gasteiger partial charge in [-0.2, -0.15) is 0 Å². The van der Waals surface area contributed by atoms with Crippen LogP contribution in [0.3, 0.4) is 0 Å². The van der Waals surface area contributed by atoms with E-state index >= 15 is 0 Å². The molecule has 2 aromatic carbocycles. The number of benzene rings is 2. The molecule has 1 aliphatic heterocycles. The third-order valence-corrected chi connectivity index (χ3v) is 3.85. The Hall–Kier alpha value is -2.22. The van der Waals surface area contributed by atoms with E-state index < -0.39 is 0 Å². The molecule has 0 aromatic heterocycles. The summed E-state index contributed by atoms with van der Waals surface area (Å²) in [5.41, 5.74) is 4.75. The van der Waals surface area contributed by atoms with Gasteiger partial charge in [0.25, 0.3) is 0 Å². The van der Waals surface area contributed by atoms with E-state index in [1.807, 2.05) is 6.08 Å².